The fourth-order valence-corrected chi connectivity index (χ4v) is 2.96. The summed E-state index contributed by atoms with van der Waals surface area (Å²) in [6.45, 7) is 3.34. The molecule has 2 heterocycles. The minimum atomic E-state index is -0.824. The average molecular weight is 275 g/mol. The molecule has 0 aliphatic carbocycles. The minimum absolute atomic E-state index is 0.00536. The second-order valence-electron chi connectivity index (χ2n) is 5.55. The van der Waals surface area contributed by atoms with Crippen LogP contribution < -0.4 is 4.74 Å². The predicted octanol–water partition coefficient (Wildman–Crippen LogP) is 1.41. The first kappa shape index (κ1) is 13.0. The first-order chi connectivity index (χ1) is 9.56. The maximum atomic E-state index is 12.5. The molecule has 5 heteroatoms. The molecule has 5 nitrogen and oxygen atoms in total. The highest BCUT2D eigenvalue weighted by Gasteiger charge is 2.37. The van der Waals surface area contributed by atoms with Gasteiger partial charge in [0.05, 0.1) is 12.5 Å². The zero-order chi connectivity index (χ0) is 14.3. The van der Waals surface area contributed by atoms with E-state index in [1.807, 2.05) is 19.1 Å². The van der Waals surface area contributed by atoms with Crippen LogP contribution in [0, 0.1) is 11.8 Å². The van der Waals surface area contributed by atoms with Gasteiger partial charge in [0.15, 0.2) is 0 Å². The molecule has 2 unspecified atom stereocenters. The summed E-state index contributed by atoms with van der Waals surface area (Å²) in [6, 6.07) is 5.44. The highest BCUT2D eigenvalue weighted by Crippen LogP contribution is 2.28. The summed E-state index contributed by atoms with van der Waals surface area (Å²) < 4.78 is 5.42. The number of carbonyl (C=O) groups is 2. The van der Waals surface area contributed by atoms with Crippen molar-refractivity contribution in [2.45, 2.75) is 13.3 Å². The highest BCUT2D eigenvalue weighted by atomic mass is 16.5. The third-order valence-electron chi connectivity index (χ3n) is 4.15. The van der Waals surface area contributed by atoms with Crippen LogP contribution in [0.15, 0.2) is 18.2 Å². The van der Waals surface area contributed by atoms with E-state index in [0.717, 1.165) is 17.7 Å². The second-order valence-corrected chi connectivity index (χ2v) is 5.55. The van der Waals surface area contributed by atoms with Gasteiger partial charge in [0.1, 0.15) is 5.75 Å². The Morgan fingerprint density at radius 3 is 2.85 bits per heavy atom. The van der Waals surface area contributed by atoms with Crippen molar-refractivity contribution in [2.24, 2.45) is 11.8 Å². The molecule has 0 spiro atoms. The molecule has 1 amide bonds. The van der Waals surface area contributed by atoms with Gasteiger partial charge in [0, 0.05) is 25.1 Å². The molecule has 1 saturated heterocycles. The molecule has 20 heavy (non-hydrogen) atoms. The summed E-state index contributed by atoms with van der Waals surface area (Å²) >= 11 is 0. The van der Waals surface area contributed by atoms with Crippen LogP contribution in [0.5, 0.6) is 5.75 Å². The number of ether oxygens (including phenoxy) is 1. The zero-order valence-corrected chi connectivity index (χ0v) is 11.3. The van der Waals surface area contributed by atoms with Gasteiger partial charge in [-0.25, -0.2) is 0 Å². The third kappa shape index (κ3) is 2.13. The van der Waals surface area contributed by atoms with Gasteiger partial charge in [-0.1, -0.05) is 6.92 Å². The lowest BCUT2D eigenvalue weighted by atomic mass is 9.99. The number of likely N-dealkylation sites (tertiary alicyclic amines) is 1. The van der Waals surface area contributed by atoms with Crippen molar-refractivity contribution in [3.8, 4) is 5.75 Å². The largest absolute Gasteiger partial charge is 0.493 e. The summed E-state index contributed by atoms with van der Waals surface area (Å²) in [5, 5.41) is 9.13. The van der Waals surface area contributed by atoms with Crippen LogP contribution in [-0.2, 0) is 11.2 Å². The topological polar surface area (TPSA) is 66.8 Å². The number of rotatable bonds is 2. The van der Waals surface area contributed by atoms with Crippen LogP contribution in [0.25, 0.3) is 0 Å². The fourth-order valence-electron chi connectivity index (χ4n) is 2.96. The first-order valence-corrected chi connectivity index (χ1v) is 6.84. The van der Waals surface area contributed by atoms with Crippen LogP contribution in [-0.4, -0.2) is 41.6 Å². The Morgan fingerprint density at radius 2 is 2.15 bits per heavy atom. The molecule has 2 atom stereocenters. The molecular formula is C15H17NO4. The lowest BCUT2D eigenvalue weighted by Gasteiger charge is -2.16. The number of hydrogen-bond donors (Lipinski definition) is 1. The van der Waals surface area contributed by atoms with Crippen molar-refractivity contribution in [1.29, 1.82) is 0 Å². The summed E-state index contributed by atoms with van der Waals surface area (Å²) in [5.74, 6) is -0.531. The van der Waals surface area contributed by atoms with E-state index in [-0.39, 0.29) is 11.8 Å². The number of benzene rings is 1. The maximum absolute atomic E-state index is 12.5. The summed E-state index contributed by atoms with van der Waals surface area (Å²) in [4.78, 5) is 25.2. The molecule has 0 aromatic heterocycles. The Labute approximate surface area is 117 Å². The van der Waals surface area contributed by atoms with Crippen LogP contribution in [0.2, 0.25) is 0 Å². The van der Waals surface area contributed by atoms with Crippen molar-refractivity contribution in [3.05, 3.63) is 29.3 Å². The monoisotopic (exact) mass is 275 g/mol. The Bertz CT molecular complexity index is 569. The Morgan fingerprint density at radius 1 is 1.35 bits per heavy atom. The van der Waals surface area contributed by atoms with Gasteiger partial charge in [0.2, 0.25) is 0 Å². The number of carboxylic acid groups (broad SMARTS) is 1. The van der Waals surface area contributed by atoms with E-state index in [0.29, 0.717) is 25.3 Å². The molecule has 1 aromatic rings. The molecule has 0 bridgehead atoms. The number of nitrogens with zero attached hydrogens (tertiary/aromatic N) is 1. The number of hydrogen-bond acceptors (Lipinski definition) is 3. The second kappa shape index (κ2) is 4.81. The van der Waals surface area contributed by atoms with Crippen LogP contribution >= 0.6 is 0 Å². The van der Waals surface area contributed by atoms with Gasteiger partial charge < -0.3 is 14.7 Å². The minimum Gasteiger partial charge on any atom is -0.493 e. The van der Waals surface area contributed by atoms with Gasteiger partial charge in [0.25, 0.3) is 5.91 Å². The smallest absolute Gasteiger partial charge is 0.308 e. The van der Waals surface area contributed by atoms with Crippen LogP contribution in [0.1, 0.15) is 22.8 Å². The number of amides is 1. The normalized spacial score (nSPS) is 24.4. The van der Waals surface area contributed by atoms with E-state index in [4.69, 9.17) is 9.84 Å². The summed E-state index contributed by atoms with van der Waals surface area (Å²) in [7, 11) is 0. The predicted molar refractivity (Wildman–Crippen MR) is 71.8 cm³/mol. The van der Waals surface area contributed by atoms with Crippen molar-refractivity contribution in [1.82, 2.24) is 4.90 Å². The van der Waals surface area contributed by atoms with Crippen molar-refractivity contribution < 1.29 is 19.4 Å². The molecule has 3 rings (SSSR count). The number of carbonyl (C=O) groups excluding carboxylic acids is 1. The molecular weight excluding hydrogens is 258 g/mol. The van der Waals surface area contributed by atoms with Crippen LogP contribution in [0.4, 0.5) is 0 Å². The highest BCUT2D eigenvalue weighted by molar-refractivity contribution is 5.95. The Kier molecular flexibility index (Phi) is 3.12. The first-order valence-electron chi connectivity index (χ1n) is 6.84. The Hall–Kier alpha value is -2.04. The molecule has 2 aliphatic heterocycles. The summed E-state index contributed by atoms with van der Waals surface area (Å²) in [5.41, 5.74) is 1.67. The van der Waals surface area contributed by atoms with Gasteiger partial charge in [-0.3, -0.25) is 9.59 Å². The van der Waals surface area contributed by atoms with E-state index in [1.54, 1.807) is 11.0 Å². The molecule has 2 aliphatic rings. The standard InChI is InChI=1S/C15H17NO4/c1-9-7-16(8-12(9)15(18)19)14(17)11-2-3-13-10(6-11)4-5-20-13/h2-3,6,9,12H,4-5,7-8H2,1H3,(H,18,19). The molecule has 1 fully saturated rings. The average Bonchev–Trinajstić information content (AvgIpc) is 3.02. The van der Waals surface area contributed by atoms with E-state index in [9.17, 15) is 9.59 Å². The zero-order valence-electron chi connectivity index (χ0n) is 11.3. The quantitative estimate of drug-likeness (QED) is 0.886. The van der Waals surface area contributed by atoms with Crippen molar-refractivity contribution in [2.75, 3.05) is 19.7 Å². The lowest BCUT2D eigenvalue weighted by Crippen LogP contribution is -2.29. The summed E-state index contributed by atoms with van der Waals surface area (Å²) in [6.07, 6.45) is 0.824. The van der Waals surface area contributed by atoms with Crippen molar-refractivity contribution >= 4 is 11.9 Å². The molecule has 106 valence electrons. The van der Waals surface area contributed by atoms with E-state index in [1.165, 1.54) is 0 Å². The Balaban J connectivity index is 1.78. The molecule has 1 aromatic carbocycles. The number of carboxylic acids is 1. The number of fused-ring (bicyclic) bond motifs is 1. The van der Waals surface area contributed by atoms with Crippen molar-refractivity contribution in [3.63, 3.8) is 0 Å². The third-order valence-corrected chi connectivity index (χ3v) is 4.15. The van der Waals surface area contributed by atoms with E-state index >= 15 is 0 Å². The molecule has 0 radical (unpaired) electrons. The van der Waals surface area contributed by atoms with Gasteiger partial charge >= 0.3 is 5.97 Å². The van der Waals surface area contributed by atoms with Crippen LogP contribution in [0.3, 0.4) is 0 Å². The van der Waals surface area contributed by atoms with Gasteiger partial charge in [-0.2, -0.15) is 0 Å². The van der Waals surface area contributed by atoms with E-state index in [2.05, 4.69) is 0 Å². The fraction of sp³-hybridized carbons (Fsp3) is 0.467. The molecule has 0 saturated carbocycles. The van der Waals surface area contributed by atoms with Gasteiger partial charge in [-0.15, -0.1) is 0 Å². The number of aliphatic carboxylic acids is 1. The molecule has 1 N–H and O–H groups in total. The lowest BCUT2D eigenvalue weighted by molar-refractivity contribution is -0.142. The van der Waals surface area contributed by atoms with Gasteiger partial charge in [-0.05, 0) is 29.7 Å². The SMILES string of the molecule is CC1CN(C(=O)c2ccc3c(c2)CCO3)CC1C(=O)O. The van der Waals surface area contributed by atoms with E-state index < -0.39 is 11.9 Å². The maximum Gasteiger partial charge on any atom is 0.308 e.